The molecule has 134 valence electrons. The number of primary amides is 1. The molecule has 1 fully saturated rings. The number of rotatable bonds is 6. The van der Waals surface area contributed by atoms with Crippen LogP contribution in [-0.4, -0.2) is 46.3 Å². The van der Waals surface area contributed by atoms with Gasteiger partial charge in [0, 0.05) is 44.3 Å². The third-order valence-corrected chi connectivity index (χ3v) is 4.98. The Hall–Kier alpha value is -2.61. The van der Waals surface area contributed by atoms with E-state index in [1.54, 1.807) is 13.1 Å². The highest BCUT2D eigenvalue weighted by Crippen LogP contribution is 2.27. The molecule has 0 aromatic carbocycles. The van der Waals surface area contributed by atoms with Gasteiger partial charge in [0.05, 0.1) is 11.3 Å². The molecule has 1 aliphatic heterocycles. The van der Waals surface area contributed by atoms with E-state index in [0.29, 0.717) is 35.3 Å². The average Bonchev–Trinajstić information content (AvgIpc) is 3.21. The Balaban J connectivity index is 1.71. The van der Waals surface area contributed by atoms with E-state index < -0.39 is 5.91 Å². The lowest BCUT2D eigenvalue weighted by atomic mass is 9.94. The van der Waals surface area contributed by atoms with E-state index in [1.807, 2.05) is 11.0 Å². The standard InChI is InChI=1S/C17H24N6O2/c1-3-11-8-23(10(2)24)9-12(11)6-21-22-15-13-4-5-19-17(13)20-7-14(15)16(18)25/h4-5,7,11-12,21H,3,6,8-9H2,1-2H3,(H2,18,25)(H2,19,20,22). The Bertz CT molecular complexity index is 787. The van der Waals surface area contributed by atoms with Crippen LogP contribution >= 0.6 is 0 Å². The van der Waals surface area contributed by atoms with Crippen LogP contribution in [-0.2, 0) is 4.79 Å². The van der Waals surface area contributed by atoms with Gasteiger partial charge in [-0.2, -0.15) is 0 Å². The lowest BCUT2D eigenvalue weighted by Crippen LogP contribution is -2.33. The molecule has 0 saturated carbocycles. The molecule has 8 nitrogen and oxygen atoms in total. The number of likely N-dealkylation sites (tertiary alicyclic amines) is 1. The normalized spacial score (nSPS) is 20.2. The second-order valence-electron chi connectivity index (χ2n) is 6.51. The Morgan fingerprint density at radius 3 is 2.84 bits per heavy atom. The van der Waals surface area contributed by atoms with Gasteiger partial charge in [0.15, 0.2) is 0 Å². The molecular weight excluding hydrogens is 320 g/mol. The molecule has 25 heavy (non-hydrogen) atoms. The second-order valence-corrected chi connectivity index (χ2v) is 6.51. The largest absolute Gasteiger partial charge is 0.365 e. The van der Waals surface area contributed by atoms with E-state index in [4.69, 9.17) is 5.73 Å². The third-order valence-electron chi connectivity index (χ3n) is 4.98. The fraction of sp³-hybridized carbons (Fsp3) is 0.471. The van der Waals surface area contributed by atoms with Crippen molar-refractivity contribution in [1.82, 2.24) is 20.3 Å². The van der Waals surface area contributed by atoms with Crippen molar-refractivity contribution in [2.75, 3.05) is 25.1 Å². The number of nitrogens with zero attached hydrogens (tertiary/aromatic N) is 2. The van der Waals surface area contributed by atoms with Crippen molar-refractivity contribution >= 4 is 28.5 Å². The van der Waals surface area contributed by atoms with Gasteiger partial charge in [0.2, 0.25) is 5.91 Å². The summed E-state index contributed by atoms with van der Waals surface area (Å²) in [7, 11) is 0. The van der Waals surface area contributed by atoms with E-state index in [2.05, 4.69) is 27.7 Å². The molecule has 3 rings (SSSR count). The predicted molar refractivity (Wildman–Crippen MR) is 95.8 cm³/mol. The maximum Gasteiger partial charge on any atom is 0.252 e. The zero-order valence-corrected chi connectivity index (χ0v) is 14.5. The zero-order chi connectivity index (χ0) is 18.0. The summed E-state index contributed by atoms with van der Waals surface area (Å²) in [5.74, 6) is 0.420. The summed E-state index contributed by atoms with van der Waals surface area (Å²) in [4.78, 5) is 32.4. The number of fused-ring (bicyclic) bond motifs is 1. The summed E-state index contributed by atoms with van der Waals surface area (Å²) < 4.78 is 0. The van der Waals surface area contributed by atoms with Crippen LogP contribution in [0.25, 0.3) is 11.0 Å². The van der Waals surface area contributed by atoms with Crippen LogP contribution in [0.5, 0.6) is 0 Å². The first-order chi connectivity index (χ1) is 12.0. The number of amides is 2. The maximum atomic E-state index is 11.7. The van der Waals surface area contributed by atoms with Crippen molar-refractivity contribution in [3.63, 3.8) is 0 Å². The van der Waals surface area contributed by atoms with E-state index in [1.165, 1.54) is 6.20 Å². The fourth-order valence-corrected chi connectivity index (χ4v) is 3.49. The number of nitrogens with two attached hydrogens (primary N) is 1. The highest BCUT2D eigenvalue weighted by atomic mass is 16.2. The molecule has 0 spiro atoms. The monoisotopic (exact) mass is 344 g/mol. The Labute approximate surface area is 146 Å². The number of hydrazine groups is 1. The molecule has 0 radical (unpaired) electrons. The summed E-state index contributed by atoms with van der Waals surface area (Å²) in [6.07, 6.45) is 4.26. The molecular formula is C17H24N6O2. The molecule has 8 heteroatoms. The van der Waals surface area contributed by atoms with Crippen molar-refractivity contribution in [3.8, 4) is 0 Å². The Morgan fingerprint density at radius 1 is 1.40 bits per heavy atom. The highest BCUT2D eigenvalue weighted by molar-refractivity contribution is 6.05. The van der Waals surface area contributed by atoms with Crippen LogP contribution in [0.3, 0.4) is 0 Å². The summed E-state index contributed by atoms with van der Waals surface area (Å²) in [5, 5.41) is 0.799. The number of anilines is 1. The quantitative estimate of drug-likeness (QED) is 0.585. The molecule has 0 aliphatic carbocycles. The topological polar surface area (TPSA) is 116 Å². The van der Waals surface area contributed by atoms with Crippen LogP contribution in [0.1, 0.15) is 30.6 Å². The van der Waals surface area contributed by atoms with Gasteiger partial charge in [0.25, 0.3) is 5.91 Å². The first kappa shape index (κ1) is 17.2. The summed E-state index contributed by atoms with van der Waals surface area (Å²) in [6.45, 7) is 6.00. The predicted octanol–water partition coefficient (Wildman–Crippen LogP) is 1.08. The first-order valence-electron chi connectivity index (χ1n) is 8.51. The summed E-state index contributed by atoms with van der Waals surface area (Å²) in [6, 6.07) is 1.85. The van der Waals surface area contributed by atoms with Crippen molar-refractivity contribution in [1.29, 1.82) is 0 Å². The number of H-pyrrole nitrogens is 1. The SMILES string of the molecule is CCC1CN(C(C)=O)CC1CNNc1c(C(N)=O)cnc2[nH]ccc12. The van der Waals surface area contributed by atoms with Gasteiger partial charge in [-0.25, -0.2) is 10.4 Å². The minimum Gasteiger partial charge on any atom is -0.365 e. The van der Waals surface area contributed by atoms with E-state index in [-0.39, 0.29) is 5.91 Å². The van der Waals surface area contributed by atoms with Gasteiger partial charge < -0.3 is 21.0 Å². The van der Waals surface area contributed by atoms with Gasteiger partial charge in [-0.05, 0) is 17.9 Å². The van der Waals surface area contributed by atoms with Crippen molar-refractivity contribution in [2.24, 2.45) is 17.6 Å². The van der Waals surface area contributed by atoms with Crippen LogP contribution in [0.2, 0.25) is 0 Å². The van der Waals surface area contributed by atoms with Crippen LogP contribution < -0.4 is 16.6 Å². The van der Waals surface area contributed by atoms with Crippen LogP contribution in [0.15, 0.2) is 18.5 Å². The van der Waals surface area contributed by atoms with E-state index >= 15 is 0 Å². The van der Waals surface area contributed by atoms with Gasteiger partial charge in [-0.15, -0.1) is 0 Å². The Kier molecular flexibility index (Phi) is 4.89. The number of aromatic nitrogens is 2. The molecule has 1 saturated heterocycles. The average molecular weight is 344 g/mol. The molecule has 2 atom stereocenters. The summed E-state index contributed by atoms with van der Waals surface area (Å²) in [5.41, 5.74) is 13.4. The fourth-order valence-electron chi connectivity index (χ4n) is 3.49. The number of pyridine rings is 1. The first-order valence-corrected chi connectivity index (χ1v) is 8.51. The molecule has 2 aromatic heterocycles. The number of carbonyl (C=O) groups is 2. The van der Waals surface area contributed by atoms with Gasteiger partial charge in [-0.1, -0.05) is 13.3 Å². The summed E-state index contributed by atoms with van der Waals surface area (Å²) >= 11 is 0. The zero-order valence-electron chi connectivity index (χ0n) is 14.5. The molecule has 2 amide bonds. The van der Waals surface area contributed by atoms with Gasteiger partial charge in [-0.3, -0.25) is 9.59 Å². The minimum atomic E-state index is -0.532. The maximum absolute atomic E-state index is 11.7. The molecule has 5 N–H and O–H groups in total. The second kappa shape index (κ2) is 7.10. The lowest BCUT2D eigenvalue weighted by molar-refractivity contribution is -0.128. The molecule has 3 heterocycles. The van der Waals surface area contributed by atoms with Gasteiger partial charge in [0.1, 0.15) is 5.65 Å². The number of carbonyl (C=O) groups excluding carboxylic acids is 2. The Morgan fingerprint density at radius 2 is 2.16 bits per heavy atom. The molecule has 2 aromatic rings. The number of hydrogen-bond donors (Lipinski definition) is 4. The number of nitrogens with one attached hydrogen (secondary N) is 3. The van der Waals surface area contributed by atoms with E-state index in [0.717, 1.165) is 24.9 Å². The van der Waals surface area contributed by atoms with Crippen LogP contribution in [0.4, 0.5) is 5.69 Å². The molecule has 1 aliphatic rings. The highest BCUT2D eigenvalue weighted by Gasteiger charge is 2.32. The van der Waals surface area contributed by atoms with Crippen molar-refractivity contribution in [2.45, 2.75) is 20.3 Å². The van der Waals surface area contributed by atoms with Crippen LogP contribution in [0, 0.1) is 11.8 Å². The molecule has 2 unspecified atom stereocenters. The number of aromatic amines is 1. The lowest BCUT2D eigenvalue weighted by Gasteiger charge is -2.19. The number of hydrogen-bond acceptors (Lipinski definition) is 5. The van der Waals surface area contributed by atoms with E-state index in [9.17, 15) is 9.59 Å². The smallest absolute Gasteiger partial charge is 0.252 e. The van der Waals surface area contributed by atoms with Gasteiger partial charge >= 0.3 is 0 Å². The molecule has 0 bridgehead atoms. The van der Waals surface area contributed by atoms with Crippen molar-refractivity contribution < 1.29 is 9.59 Å². The van der Waals surface area contributed by atoms with Crippen molar-refractivity contribution in [3.05, 3.63) is 24.0 Å². The minimum absolute atomic E-state index is 0.119. The third kappa shape index (κ3) is 3.43.